The molecule has 4 heteroatoms. The van der Waals surface area contributed by atoms with Crippen molar-refractivity contribution in [1.29, 1.82) is 5.26 Å². The molecule has 0 amide bonds. The van der Waals surface area contributed by atoms with E-state index >= 15 is 0 Å². The van der Waals surface area contributed by atoms with Gasteiger partial charge in [-0.3, -0.25) is 4.79 Å². The fourth-order valence-corrected chi connectivity index (χ4v) is 1.79. The molecule has 86 valence electrons. The van der Waals surface area contributed by atoms with Crippen molar-refractivity contribution in [3.05, 3.63) is 35.5 Å². The zero-order valence-corrected chi connectivity index (χ0v) is 9.82. The summed E-state index contributed by atoms with van der Waals surface area (Å²) < 4.78 is 0. The minimum Gasteiger partial charge on any atom is -0.360 e. The Hall–Kier alpha value is -2.12. The van der Waals surface area contributed by atoms with Crippen molar-refractivity contribution in [3.8, 4) is 6.07 Å². The van der Waals surface area contributed by atoms with Gasteiger partial charge < -0.3 is 9.88 Å². The zero-order chi connectivity index (χ0) is 12.4. The Kier molecular flexibility index (Phi) is 2.94. The summed E-state index contributed by atoms with van der Waals surface area (Å²) in [5, 5.41) is 9.67. The molecule has 1 aromatic heterocycles. The Bertz CT molecular complexity index is 605. The van der Waals surface area contributed by atoms with Crippen LogP contribution in [0.25, 0.3) is 10.9 Å². The lowest BCUT2D eigenvalue weighted by atomic mass is 10.1. The van der Waals surface area contributed by atoms with Crippen molar-refractivity contribution < 1.29 is 4.79 Å². The third kappa shape index (κ3) is 2.19. The van der Waals surface area contributed by atoms with Crippen molar-refractivity contribution in [3.63, 3.8) is 0 Å². The lowest BCUT2D eigenvalue weighted by Crippen LogP contribution is -2.21. The number of fused-ring (bicyclic) bond motifs is 1. The number of aromatic nitrogens is 1. The molecule has 0 saturated heterocycles. The fourth-order valence-electron chi connectivity index (χ4n) is 1.79. The average molecular weight is 227 g/mol. The van der Waals surface area contributed by atoms with Crippen LogP contribution in [0.15, 0.2) is 24.4 Å². The molecule has 0 aliphatic carbocycles. The molecule has 0 spiro atoms. The zero-order valence-electron chi connectivity index (χ0n) is 9.82. The van der Waals surface area contributed by atoms with Gasteiger partial charge >= 0.3 is 0 Å². The first-order valence-corrected chi connectivity index (χ1v) is 5.31. The van der Waals surface area contributed by atoms with Crippen LogP contribution >= 0.6 is 0 Å². The smallest absolute Gasteiger partial charge is 0.178 e. The number of aromatic amines is 1. The number of hydrogen-bond donors (Lipinski definition) is 1. The normalized spacial score (nSPS) is 10.7. The summed E-state index contributed by atoms with van der Waals surface area (Å²) in [4.78, 5) is 16.9. The second-order valence-corrected chi connectivity index (χ2v) is 4.24. The van der Waals surface area contributed by atoms with Crippen LogP contribution in [0.1, 0.15) is 15.9 Å². The highest BCUT2D eigenvalue weighted by molar-refractivity contribution is 6.09. The maximum Gasteiger partial charge on any atom is 0.178 e. The van der Waals surface area contributed by atoms with Crippen LogP contribution in [0.3, 0.4) is 0 Å². The van der Waals surface area contributed by atoms with E-state index in [9.17, 15) is 4.79 Å². The highest BCUT2D eigenvalue weighted by Crippen LogP contribution is 2.20. The van der Waals surface area contributed by atoms with E-state index < -0.39 is 0 Å². The molecule has 0 aliphatic rings. The van der Waals surface area contributed by atoms with Crippen molar-refractivity contribution >= 4 is 16.7 Å². The largest absolute Gasteiger partial charge is 0.360 e. The predicted molar refractivity (Wildman–Crippen MR) is 65.9 cm³/mol. The molecule has 1 heterocycles. The van der Waals surface area contributed by atoms with Gasteiger partial charge in [-0.1, -0.05) is 0 Å². The summed E-state index contributed by atoms with van der Waals surface area (Å²) in [6, 6.07) is 7.38. The number of nitriles is 1. The number of H-pyrrole nitrogens is 1. The van der Waals surface area contributed by atoms with E-state index in [1.807, 2.05) is 25.1 Å². The number of likely N-dealkylation sites (N-methyl/N-ethyl adjacent to an activating group) is 1. The second-order valence-electron chi connectivity index (χ2n) is 4.24. The van der Waals surface area contributed by atoms with E-state index in [2.05, 4.69) is 11.1 Å². The Morgan fingerprint density at radius 3 is 2.88 bits per heavy atom. The van der Waals surface area contributed by atoms with E-state index in [-0.39, 0.29) is 5.78 Å². The van der Waals surface area contributed by atoms with E-state index in [1.54, 1.807) is 18.3 Å². The molecule has 1 N–H and O–H groups in total. The summed E-state index contributed by atoms with van der Waals surface area (Å²) in [6.07, 6.45) is 1.71. The topological polar surface area (TPSA) is 59.9 Å². The SMILES string of the molecule is CN(C)CC(=O)c1c[nH]c2ccc(C#N)cc12. The predicted octanol–water partition coefficient (Wildman–Crippen LogP) is 1.78. The fraction of sp³-hybridized carbons (Fsp3) is 0.231. The highest BCUT2D eigenvalue weighted by Gasteiger charge is 2.12. The number of benzene rings is 1. The maximum absolute atomic E-state index is 12.0. The number of carbonyl (C=O) groups is 1. The number of Topliss-reactive ketones (excluding diaryl/α,β-unsaturated/α-hetero) is 1. The second kappa shape index (κ2) is 4.40. The first-order chi connectivity index (χ1) is 8.11. The van der Waals surface area contributed by atoms with Gasteiger partial charge in [0.1, 0.15) is 0 Å². The molecule has 2 aromatic rings. The average Bonchev–Trinajstić information content (AvgIpc) is 2.70. The summed E-state index contributed by atoms with van der Waals surface area (Å²) in [5.41, 5.74) is 2.09. The number of nitrogens with one attached hydrogen (secondary N) is 1. The third-order valence-corrected chi connectivity index (χ3v) is 2.57. The van der Waals surface area contributed by atoms with Crippen LogP contribution in [0, 0.1) is 11.3 Å². The summed E-state index contributed by atoms with van der Waals surface area (Å²) in [7, 11) is 3.71. The molecule has 0 bridgehead atoms. The minimum absolute atomic E-state index is 0.0522. The lowest BCUT2D eigenvalue weighted by Gasteiger charge is -2.07. The van der Waals surface area contributed by atoms with Crippen LogP contribution in [-0.2, 0) is 0 Å². The molecule has 1 aromatic carbocycles. The molecule has 4 nitrogen and oxygen atoms in total. The number of rotatable bonds is 3. The molecule has 0 fully saturated rings. The quantitative estimate of drug-likeness (QED) is 0.813. The van der Waals surface area contributed by atoms with Gasteiger partial charge in [-0.15, -0.1) is 0 Å². The van der Waals surface area contributed by atoms with E-state index in [0.29, 0.717) is 17.7 Å². The lowest BCUT2D eigenvalue weighted by molar-refractivity contribution is 0.0959. The first kappa shape index (κ1) is 11.4. The van der Waals surface area contributed by atoms with Gasteiger partial charge in [0.05, 0.1) is 18.2 Å². The molecular weight excluding hydrogens is 214 g/mol. The minimum atomic E-state index is 0.0522. The summed E-state index contributed by atoms with van der Waals surface area (Å²) in [6.45, 7) is 0.365. The molecule has 0 aliphatic heterocycles. The molecule has 0 unspecified atom stereocenters. The van der Waals surface area contributed by atoms with Crippen LogP contribution in [0.5, 0.6) is 0 Å². The number of hydrogen-bond acceptors (Lipinski definition) is 3. The summed E-state index contributed by atoms with van der Waals surface area (Å²) in [5.74, 6) is 0.0522. The third-order valence-electron chi connectivity index (χ3n) is 2.57. The van der Waals surface area contributed by atoms with Crippen molar-refractivity contribution in [1.82, 2.24) is 9.88 Å². The van der Waals surface area contributed by atoms with Gasteiger partial charge in [-0.2, -0.15) is 5.26 Å². The Morgan fingerprint density at radius 1 is 1.47 bits per heavy atom. The summed E-state index contributed by atoms with van der Waals surface area (Å²) >= 11 is 0. The van der Waals surface area contributed by atoms with Gasteiger partial charge in [0, 0.05) is 22.7 Å². The number of nitrogens with zero attached hydrogens (tertiary/aromatic N) is 2. The van der Waals surface area contributed by atoms with Crippen LogP contribution in [0.4, 0.5) is 0 Å². The van der Waals surface area contributed by atoms with Gasteiger partial charge in [-0.25, -0.2) is 0 Å². The van der Waals surface area contributed by atoms with Gasteiger partial charge in [0.2, 0.25) is 0 Å². The molecular formula is C13H13N3O. The van der Waals surface area contributed by atoms with E-state index in [0.717, 1.165) is 10.9 Å². The van der Waals surface area contributed by atoms with Crippen LogP contribution in [-0.4, -0.2) is 36.3 Å². The van der Waals surface area contributed by atoms with E-state index in [1.165, 1.54) is 0 Å². The Balaban J connectivity index is 2.48. The van der Waals surface area contributed by atoms with Crippen molar-refractivity contribution in [2.24, 2.45) is 0 Å². The maximum atomic E-state index is 12.0. The standard InChI is InChI=1S/C13H13N3O/c1-16(2)8-13(17)11-7-15-12-4-3-9(6-14)5-10(11)12/h3-5,7,15H,8H2,1-2H3. The Morgan fingerprint density at radius 2 is 2.24 bits per heavy atom. The van der Waals surface area contributed by atoms with E-state index in [4.69, 9.17) is 5.26 Å². The molecule has 17 heavy (non-hydrogen) atoms. The van der Waals surface area contributed by atoms with Crippen molar-refractivity contribution in [2.75, 3.05) is 20.6 Å². The van der Waals surface area contributed by atoms with Crippen LogP contribution < -0.4 is 0 Å². The molecule has 0 radical (unpaired) electrons. The molecule has 0 saturated carbocycles. The van der Waals surface area contributed by atoms with Gasteiger partial charge in [-0.05, 0) is 32.3 Å². The van der Waals surface area contributed by atoms with Gasteiger partial charge in [0.15, 0.2) is 5.78 Å². The number of ketones is 1. The molecule has 2 rings (SSSR count). The number of carbonyl (C=O) groups excluding carboxylic acids is 1. The first-order valence-electron chi connectivity index (χ1n) is 5.31. The monoisotopic (exact) mass is 227 g/mol. The Labute approximate surface area is 99.5 Å². The van der Waals surface area contributed by atoms with Crippen LogP contribution in [0.2, 0.25) is 0 Å². The van der Waals surface area contributed by atoms with Gasteiger partial charge in [0.25, 0.3) is 0 Å². The highest BCUT2D eigenvalue weighted by atomic mass is 16.1. The van der Waals surface area contributed by atoms with Crippen molar-refractivity contribution in [2.45, 2.75) is 0 Å². The molecule has 0 atom stereocenters.